The molecule has 0 bridgehead atoms. The average Bonchev–Trinajstić information content (AvgIpc) is 2.36. The molecule has 1 aromatic carbocycles. The lowest BCUT2D eigenvalue weighted by molar-refractivity contribution is -0.876. The van der Waals surface area contributed by atoms with Gasteiger partial charge in [0.15, 0.2) is 0 Å². The smallest absolute Gasteiger partial charge is 0.270 e. The van der Waals surface area contributed by atoms with E-state index in [-0.39, 0.29) is 5.69 Å². The summed E-state index contributed by atoms with van der Waals surface area (Å²) in [6.45, 7) is 0. The molecule has 0 spiro atoms. The number of nitrogens with zero attached hydrogens (tertiary/aromatic N) is 3. The summed E-state index contributed by atoms with van der Waals surface area (Å²) in [5, 5.41) is 14.7. The zero-order valence-corrected chi connectivity index (χ0v) is 12.9. The molecule has 0 saturated heterocycles. The minimum absolute atomic E-state index is 0.0837. The Labute approximate surface area is 123 Å². The molecule has 0 aliphatic carbocycles. The molecule has 0 saturated carbocycles. The molecule has 0 amide bonds. The van der Waals surface area contributed by atoms with Gasteiger partial charge in [0, 0.05) is 17.7 Å². The highest BCUT2D eigenvalue weighted by atomic mass is 32.3. The fraction of sp³-hybridized carbons (Fsp3) is 0.364. The summed E-state index contributed by atoms with van der Waals surface area (Å²) in [7, 11) is 2.13. The van der Waals surface area contributed by atoms with Gasteiger partial charge in [0.05, 0.1) is 39.4 Å². The molecule has 21 heavy (non-hydrogen) atoms. The van der Waals surface area contributed by atoms with Gasteiger partial charge in [-0.25, -0.2) is 13.0 Å². The van der Waals surface area contributed by atoms with Crippen LogP contribution in [0.1, 0.15) is 5.56 Å². The molecular formula is C11H17N3O6S. The molecule has 0 aliphatic rings. The summed E-state index contributed by atoms with van der Waals surface area (Å²) in [4.78, 5) is 10.1. The van der Waals surface area contributed by atoms with Gasteiger partial charge < -0.3 is 4.55 Å². The Bertz CT molecular complexity index is 607. The Morgan fingerprint density at radius 1 is 1.33 bits per heavy atom. The van der Waals surface area contributed by atoms with E-state index in [0.717, 1.165) is 12.7 Å². The molecule has 0 radical (unpaired) electrons. The molecule has 0 atom stereocenters. The van der Waals surface area contributed by atoms with Crippen molar-refractivity contribution < 1.29 is 26.7 Å². The normalized spacial score (nSPS) is 11.9. The maximum atomic E-state index is 10.5. The van der Waals surface area contributed by atoms with Crippen LogP contribution in [-0.2, 0) is 14.6 Å². The predicted octanol–water partition coefficient (Wildman–Crippen LogP) is 0.728. The van der Waals surface area contributed by atoms with E-state index < -0.39 is 15.3 Å². The van der Waals surface area contributed by atoms with Crippen LogP contribution in [-0.4, -0.2) is 57.0 Å². The molecule has 9 nitrogen and oxygen atoms in total. The van der Waals surface area contributed by atoms with E-state index >= 15 is 0 Å². The van der Waals surface area contributed by atoms with Crippen molar-refractivity contribution in [1.82, 2.24) is 0 Å². The fourth-order valence-corrected chi connectivity index (χ4v) is 0.959. The van der Waals surface area contributed by atoms with Crippen molar-refractivity contribution in [3.05, 3.63) is 39.9 Å². The Kier molecular flexibility index (Phi) is 7.09. The summed E-state index contributed by atoms with van der Waals surface area (Å²) in [5.41, 5.74) is 0.817. The Morgan fingerprint density at radius 3 is 2.24 bits per heavy atom. The summed E-state index contributed by atoms with van der Waals surface area (Å²) in [6, 6.07) is 6.39. The van der Waals surface area contributed by atoms with E-state index in [1.165, 1.54) is 12.1 Å². The van der Waals surface area contributed by atoms with Crippen LogP contribution in [0, 0.1) is 10.1 Å². The number of benzene rings is 1. The summed E-state index contributed by atoms with van der Waals surface area (Å²) < 4.78 is 31.5. The van der Waals surface area contributed by atoms with Gasteiger partial charge in [-0.2, -0.15) is 0 Å². The van der Waals surface area contributed by atoms with Crippen molar-refractivity contribution >= 4 is 22.3 Å². The van der Waals surface area contributed by atoms with Crippen LogP contribution in [0.25, 0.3) is 0 Å². The van der Waals surface area contributed by atoms with Crippen LogP contribution in [0.5, 0.6) is 0 Å². The van der Waals surface area contributed by atoms with Crippen molar-refractivity contribution in [2.24, 2.45) is 5.10 Å². The zero-order valence-electron chi connectivity index (χ0n) is 12.1. The summed E-state index contributed by atoms with van der Waals surface area (Å²) in [5.74, 6) is 0. The second-order valence-electron chi connectivity index (χ2n) is 4.61. The first-order chi connectivity index (χ1) is 9.44. The molecule has 0 heterocycles. The van der Waals surface area contributed by atoms with Crippen molar-refractivity contribution in [3.8, 4) is 0 Å². The standard InChI is InChI=1S/C10H14N3O2.CH4O4S/c1-13(2,3)11-8-9-5-4-6-10(7-9)12(14)15;1-5-6(2,3)4/h4-8H,1-3H3;1H3,(H,2,3,4)/q+1;/p-1/b11-8+;. The van der Waals surface area contributed by atoms with Gasteiger partial charge in [0.1, 0.15) is 0 Å². The third kappa shape index (κ3) is 10.6. The van der Waals surface area contributed by atoms with Crippen LogP contribution >= 0.6 is 0 Å². The van der Waals surface area contributed by atoms with Crippen LogP contribution in [0.4, 0.5) is 5.69 Å². The van der Waals surface area contributed by atoms with Gasteiger partial charge >= 0.3 is 0 Å². The van der Waals surface area contributed by atoms with Gasteiger partial charge in [0.2, 0.25) is 10.4 Å². The zero-order chi connectivity index (χ0) is 16.7. The molecule has 1 rings (SSSR count). The van der Waals surface area contributed by atoms with Crippen molar-refractivity contribution in [3.63, 3.8) is 0 Å². The lowest BCUT2D eigenvalue weighted by atomic mass is 10.2. The molecule has 118 valence electrons. The first-order valence-corrected chi connectivity index (χ1v) is 6.91. The summed E-state index contributed by atoms with van der Waals surface area (Å²) in [6.07, 6.45) is 1.63. The number of quaternary nitrogens is 1. The third-order valence-corrected chi connectivity index (χ3v) is 2.25. The number of non-ortho nitro benzene ring substituents is 1. The molecule has 1 aromatic rings. The van der Waals surface area contributed by atoms with E-state index in [1.807, 2.05) is 21.1 Å². The maximum Gasteiger partial charge on any atom is 0.270 e. The average molecular weight is 319 g/mol. The SMILES string of the molecule is COS(=O)(=O)[O-].C[N+](C)(C)/N=C/c1cccc([N+](=O)[O-])c1. The molecule has 0 unspecified atom stereocenters. The van der Waals surface area contributed by atoms with Gasteiger partial charge in [-0.1, -0.05) is 17.2 Å². The van der Waals surface area contributed by atoms with Gasteiger partial charge in [-0.3, -0.25) is 14.3 Å². The van der Waals surface area contributed by atoms with E-state index in [1.54, 1.807) is 18.3 Å². The Balaban J connectivity index is 0.000000567. The monoisotopic (exact) mass is 319 g/mol. The van der Waals surface area contributed by atoms with Crippen LogP contribution < -0.4 is 0 Å². The van der Waals surface area contributed by atoms with Crippen molar-refractivity contribution in [2.75, 3.05) is 28.3 Å². The molecule has 10 heteroatoms. The van der Waals surface area contributed by atoms with Crippen LogP contribution in [0.2, 0.25) is 0 Å². The maximum absolute atomic E-state index is 10.5. The van der Waals surface area contributed by atoms with E-state index in [2.05, 4.69) is 9.28 Å². The van der Waals surface area contributed by atoms with E-state index in [0.29, 0.717) is 4.59 Å². The summed E-state index contributed by atoms with van der Waals surface area (Å²) >= 11 is 0. The molecule has 0 aliphatic heterocycles. The van der Waals surface area contributed by atoms with Gasteiger partial charge in [-0.05, 0) is 0 Å². The number of nitro groups is 1. The highest BCUT2D eigenvalue weighted by Crippen LogP contribution is 2.11. The molecule has 0 aromatic heterocycles. The minimum Gasteiger partial charge on any atom is -0.726 e. The molecule has 0 fully saturated rings. The minimum atomic E-state index is -4.41. The highest BCUT2D eigenvalue weighted by Gasteiger charge is 2.06. The molecular weight excluding hydrogens is 302 g/mol. The molecule has 0 N–H and O–H groups in total. The topological polar surface area (TPSA) is 122 Å². The third-order valence-electron chi connectivity index (χ3n) is 1.84. The van der Waals surface area contributed by atoms with Crippen LogP contribution in [0.15, 0.2) is 29.4 Å². The number of rotatable bonds is 4. The Morgan fingerprint density at radius 2 is 1.86 bits per heavy atom. The second-order valence-corrected chi connectivity index (χ2v) is 5.76. The lowest BCUT2D eigenvalue weighted by Crippen LogP contribution is -2.27. The fourth-order valence-electron chi connectivity index (χ4n) is 0.959. The van der Waals surface area contributed by atoms with Crippen LogP contribution in [0.3, 0.4) is 0 Å². The number of hydrogen-bond donors (Lipinski definition) is 0. The van der Waals surface area contributed by atoms with Crippen molar-refractivity contribution in [2.45, 2.75) is 0 Å². The van der Waals surface area contributed by atoms with E-state index in [9.17, 15) is 23.1 Å². The Hall–Kier alpha value is -1.88. The first kappa shape index (κ1) is 19.1. The van der Waals surface area contributed by atoms with Gasteiger partial charge in [0.25, 0.3) is 5.69 Å². The van der Waals surface area contributed by atoms with E-state index in [4.69, 9.17) is 0 Å². The number of nitro benzene ring substituents is 1. The first-order valence-electron chi connectivity index (χ1n) is 5.57. The van der Waals surface area contributed by atoms with Gasteiger partial charge in [-0.15, -0.1) is 0 Å². The van der Waals surface area contributed by atoms with Crippen molar-refractivity contribution in [1.29, 1.82) is 0 Å². The quantitative estimate of drug-likeness (QED) is 0.201. The predicted molar refractivity (Wildman–Crippen MR) is 75.4 cm³/mol. The second kappa shape index (κ2) is 7.78. The highest BCUT2D eigenvalue weighted by molar-refractivity contribution is 7.80. The number of hydrogen-bond acceptors (Lipinski definition) is 7. The largest absolute Gasteiger partial charge is 0.726 e. The lowest BCUT2D eigenvalue weighted by Gasteiger charge is -2.14.